The molecular weight excluding hydrogens is 392 g/mol. The lowest BCUT2D eigenvalue weighted by Gasteiger charge is -2.13. The molecule has 2 amide bonds. The molecule has 0 fully saturated rings. The normalized spacial score (nSPS) is 11.3. The number of nitrogens with one attached hydrogen (secondary N) is 2. The number of hydrogen-bond donors (Lipinski definition) is 2. The molecule has 3 rings (SSSR count). The van der Waals surface area contributed by atoms with Crippen molar-refractivity contribution in [1.82, 2.24) is 10.6 Å². The Kier molecular flexibility index (Phi) is 7.27. The molecule has 3 aromatic rings. The van der Waals surface area contributed by atoms with Crippen molar-refractivity contribution in [2.45, 2.75) is 33.4 Å². The van der Waals surface area contributed by atoms with Crippen molar-refractivity contribution in [2.75, 3.05) is 0 Å². The fourth-order valence-corrected chi connectivity index (χ4v) is 2.85. The summed E-state index contributed by atoms with van der Waals surface area (Å²) in [6.45, 7) is 6.14. The number of benzene rings is 2. The van der Waals surface area contributed by atoms with Gasteiger partial charge in [0.25, 0.3) is 11.8 Å². The van der Waals surface area contributed by atoms with E-state index in [0.717, 1.165) is 16.9 Å². The Morgan fingerprint density at radius 3 is 2.52 bits per heavy atom. The van der Waals surface area contributed by atoms with Crippen molar-refractivity contribution in [3.63, 3.8) is 0 Å². The highest BCUT2D eigenvalue weighted by molar-refractivity contribution is 6.05. The van der Waals surface area contributed by atoms with Crippen LogP contribution in [0.4, 0.5) is 0 Å². The predicted octanol–water partition coefficient (Wildman–Crippen LogP) is 4.46. The van der Waals surface area contributed by atoms with Gasteiger partial charge in [-0.1, -0.05) is 29.8 Å². The Labute approximate surface area is 181 Å². The Bertz CT molecular complexity index is 1050. The summed E-state index contributed by atoms with van der Waals surface area (Å²) in [6, 6.07) is 18.1. The highest BCUT2D eigenvalue weighted by Crippen LogP contribution is 2.15. The third-order valence-corrected chi connectivity index (χ3v) is 4.36. The number of carbonyl (C=O) groups excluding carboxylic acids is 2. The molecule has 2 aromatic carbocycles. The number of hydrogen-bond acceptors (Lipinski definition) is 4. The van der Waals surface area contributed by atoms with E-state index in [2.05, 4.69) is 10.6 Å². The molecule has 0 radical (unpaired) electrons. The fourth-order valence-electron chi connectivity index (χ4n) is 2.85. The first kappa shape index (κ1) is 21.9. The standard InChI is InChI=1S/C25H26N2O4/c1-17(2)31-22-7-4-6-19(14-22)16-26-25(29)23(15-21-8-5-13-30-21)27-24(28)20-11-9-18(3)10-12-20/h4-15,17H,16H2,1-3H3,(H,26,29)(H,27,28)/b23-15-. The van der Waals surface area contributed by atoms with Crippen molar-refractivity contribution >= 4 is 17.9 Å². The summed E-state index contributed by atoms with van der Waals surface area (Å²) in [7, 11) is 0. The van der Waals surface area contributed by atoms with E-state index >= 15 is 0 Å². The maximum absolute atomic E-state index is 12.9. The van der Waals surface area contributed by atoms with Gasteiger partial charge in [0.2, 0.25) is 0 Å². The van der Waals surface area contributed by atoms with Crippen LogP contribution in [0.1, 0.15) is 41.1 Å². The molecular formula is C25H26N2O4. The topological polar surface area (TPSA) is 80.6 Å². The predicted molar refractivity (Wildman–Crippen MR) is 119 cm³/mol. The molecule has 0 aliphatic carbocycles. The van der Waals surface area contributed by atoms with Gasteiger partial charge in [0.05, 0.1) is 12.4 Å². The summed E-state index contributed by atoms with van der Waals surface area (Å²) >= 11 is 0. The van der Waals surface area contributed by atoms with Crippen LogP contribution in [0.15, 0.2) is 77.0 Å². The van der Waals surface area contributed by atoms with E-state index in [1.165, 1.54) is 12.3 Å². The Morgan fingerprint density at radius 2 is 1.84 bits per heavy atom. The first-order valence-electron chi connectivity index (χ1n) is 10.1. The smallest absolute Gasteiger partial charge is 0.268 e. The van der Waals surface area contributed by atoms with Gasteiger partial charge in [-0.3, -0.25) is 9.59 Å². The van der Waals surface area contributed by atoms with Crippen LogP contribution in [-0.2, 0) is 11.3 Å². The maximum Gasteiger partial charge on any atom is 0.268 e. The number of aryl methyl sites for hydroxylation is 1. The third kappa shape index (κ3) is 6.60. The molecule has 6 nitrogen and oxygen atoms in total. The summed E-state index contributed by atoms with van der Waals surface area (Å²) in [4.78, 5) is 25.5. The van der Waals surface area contributed by atoms with E-state index in [0.29, 0.717) is 11.3 Å². The van der Waals surface area contributed by atoms with Gasteiger partial charge in [-0.05, 0) is 62.7 Å². The summed E-state index contributed by atoms with van der Waals surface area (Å²) in [5, 5.41) is 5.53. The van der Waals surface area contributed by atoms with Crippen LogP contribution in [-0.4, -0.2) is 17.9 Å². The van der Waals surface area contributed by atoms with Crippen LogP contribution >= 0.6 is 0 Å². The van der Waals surface area contributed by atoms with Crippen LogP contribution in [0.2, 0.25) is 0 Å². The van der Waals surface area contributed by atoms with Crippen molar-refractivity contribution < 1.29 is 18.7 Å². The molecule has 160 valence electrons. The minimum atomic E-state index is -0.424. The molecule has 0 aliphatic heterocycles. The lowest BCUT2D eigenvalue weighted by atomic mass is 10.1. The zero-order valence-electron chi connectivity index (χ0n) is 17.8. The van der Waals surface area contributed by atoms with E-state index in [9.17, 15) is 9.59 Å². The van der Waals surface area contributed by atoms with E-state index in [4.69, 9.17) is 9.15 Å². The SMILES string of the molecule is Cc1ccc(C(=O)N/C(=C\c2ccco2)C(=O)NCc2cccc(OC(C)C)c2)cc1. The van der Waals surface area contributed by atoms with Crippen LogP contribution in [0.25, 0.3) is 6.08 Å². The van der Waals surface area contributed by atoms with Gasteiger partial charge in [0, 0.05) is 18.2 Å². The number of carbonyl (C=O) groups is 2. The molecule has 0 aliphatic rings. The lowest BCUT2D eigenvalue weighted by molar-refractivity contribution is -0.117. The molecule has 0 saturated heterocycles. The van der Waals surface area contributed by atoms with Gasteiger partial charge in [0.15, 0.2) is 0 Å². The average Bonchev–Trinajstić information content (AvgIpc) is 3.25. The lowest BCUT2D eigenvalue weighted by Crippen LogP contribution is -2.34. The number of amides is 2. The Balaban J connectivity index is 1.72. The second-order valence-electron chi connectivity index (χ2n) is 7.39. The largest absolute Gasteiger partial charge is 0.491 e. The van der Waals surface area contributed by atoms with Crippen molar-refractivity contribution in [2.24, 2.45) is 0 Å². The number of rotatable bonds is 8. The van der Waals surface area contributed by atoms with Gasteiger partial charge in [0.1, 0.15) is 17.2 Å². The monoisotopic (exact) mass is 418 g/mol. The summed E-state index contributed by atoms with van der Waals surface area (Å²) in [6.07, 6.45) is 3.06. The molecule has 0 saturated carbocycles. The van der Waals surface area contributed by atoms with Crippen molar-refractivity contribution in [3.8, 4) is 5.75 Å². The zero-order chi connectivity index (χ0) is 22.2. The van der Waals surface area contributed by atoms with Crippen LogP contribution < -0.4 is 15.4 Å². The van der Waals surface area contributed by atoms with Gasteiger partial charge in [-0.15, -0.1) is 0 Å². The van der Waals surface area contributed by atoms with Gasteiger partial charge >= 0.3 is 0 Å². The van der Waals surface area contributed by atoms with Crippen LogP contribution in [0, 0.1) is 6.92 Å². The molecule has 0 spiro atoms. The van der Waals surface area contributed by atoms with E-state index in [1.54, 1.807) is 24.3 Å². The van der Waals surface area contributed by atoms with E-state index in [-0.39, 0.29) is 24.3 Å². The first-order valence-corrected chi connectivity index (χ1v) is 10.1. The van der Waals surface area contributed by atoms with Crippen LogP contribution in [0.5, 0.6) is 5.75 Å². The second kappa shape index (κ2) is 10.3. The van der Waals surface area contributed by atoms with Gasteiger partial charge in [-0.2, -0.15) is 0 Å². The highest BCUT2D eigenvalue weighted by Gasteiger charge is 2.15. The Hall–Kier alpha value is -3.80. The summed E-state index contributed by atoms with van der Waals surface area (Å²) < 4.78 is 11.0. The van der Waals surface area contributed by atoms with Gasteiger partial charge in [-0.25, -0.2) is 0 Å². The maximum atomic E-state index is 12.9. The molecule has 0 bridgehead atoms. The molecule has 0 atom stereocenters. The van der Waals surface area contributed by atoms with Crippen molar-refractivity contribution in [3.05, 3.63) is 95.1 Å². The molecule has 1 heterocycles. The van der Waals surface area contributed by atoms with E-state index < -0.39 is 5.91 Å². The summed E-state index contributed by atoms with van der Waals surface area (Å²) in [5.41, 5.74) is 2.48. The second-order valence-corrected chi connectivity index (χ2v) is 7.39. The molecule has 2 N–H and O–H groups in total. The van der Waals surface area contributed by atoms with Gasteiger partial charge < -0.3 is 19.8 Å². The number of ether oxygens (including phenoxy) is 1. The van der Waals surface area contributed by atoms with Crippen molar-refractivity contribution in [1.29, 1.82) is 0 Å². The molecule has 1 aromatic heterocycles. The van der Waals surface area contributed by atoms with E-state index in [1.807, 2.05) is 57.2 Å². The molecule has 31 heavy (non-hydrogen) atoms. The zero-order valence-corrected chi connectivity index (χ0v) is 17.8. The highest BCUT2D eigenvalue weighted by atomic mass is 16.5. The fraction of sp³-hybridized carbons (Fsp3) is 0.200. The molecule has 6 heteroatoms. The average molecular weight is 418 g/mol. The quantitative estimate of drug-likeness (QED) is 0.529. The third-order valence-electron chi connectivity index (χ3n) is 4.36. The molecule has 0 unspecified atom stereocenters. The Morgan fingerprint density at radius 1 is 1.06 bits per heavy atom. The minimum absolute atomic E-state index is 0.0599. The number of furan rings is 1. The van der Waals surface area contributed by atoms with Crippen LogP contribution in [0.3, 0.4) is 0 Å². The summed E-state index contributed by atoms with van der Waals surface area (Å²) in [5.74, 6) is 0.398. The minimum Gasteiger partial charge on any atom is -0.491 e. The first-order chi connectivity index (χ1) is 14.9.